The van der Waals surface area contributed by atoms with Crippen LogP contribution in [0, 0.1) is 6.42 Å². The highest BCUT2D eigenvalue weighted by Crippen LogP contribution is 1.96. The fourth-order valence-corrected chi connectivity index (χ4v) is 1.28. The van der Waals surface area contributed by atoms with Crippen molar-refractivity contribution in [2.45, 2.75) is 0 Å². The lowest BCUT2D eigenvalue weighted by Crippen LogP contribution is -2.03. The quantitative estimate of drug-likeness (QED) is 0.441. The molecule has 0 bridgehead atoms. The van der Waals surface area contributed by atoms with E-state index in [2.05, 4.69) is 0 Å². The average molecular weight is 151 g/mol. The van der Waals surface area contributed by atoms with E-state index in [9.17, 15) is 4.55 Å². The minimum Gasteiger partial charge on any atom is -0.617 e. The maximum Gasteiger partial charge on any atom is 0.109 e. The molecule has 1 atom stereocenters. The van der Waals surface area contributed by atoms with Crippen LogP contribution in [0.3, 0.4) is 0 Å². The van der Waals surface area contributed by atoms with Gasteiger partial charge in [-0.05, 0) is 6.26 Å². The van der Waals surface area contributed by atoms with Crippen molar-refractivity contribution in [3.63, 3.8) is 0 Å². The topological polar surface area (TPSA) is 23.1 Å². The Balaban J connectivity index is 2.72. The van der Waals surface area contributed by atoms with E-state index in [1.165, 1.54) is 0 Å². The number of hydrogen-bond donors (Lipinski definition) is 0. The van der Waals surface area contributed by atoms with Gasteiger partial charge in [0.1, 0.15) is 5.75 Å². The Morgan fingerprint density at radius 1 is 1.75 bits per heavy atom. The summed E-state index contributed by atoms with van der Waals surface area (Å²) in [6, 6.07) is 0. The van der Waals surface area contributed by atoms with Crippen LogP contribution < -0.4 is 0 Å². The summed E-state index contributed by atoms with van der Waals surface area (Å²) in [5.74, 6) is 1.75. The molecule has 1 unspecified atom stereocenters. The monoisotopic (exact) mass is 151 g/mol. The molecule has 0 heterocycles. The minimum atomic E-state index is -0.636. The Morgan fingerprint density at radius 2 is 2.38 bits per heavy atom. The highest BCUT2D eigenvalue weighted by atomic mass is 32.2. The summed E-state index contributed by atoms with van der Waals surface area (Å²) in [6.07, 6.45) is 5.80. The summed E-state index contributed by atoms with van der Waals surface area (Å²) in [5.41, 5.74) is 0. The van der Waals surface area contributed by atoms with Gasteiger partial charge >= 0.3 is 0 Å². The van der Waals surface area contributed by atoms with Gasteiger partial charge in [-0.2, -0.15) is 11.8 Å². The Labute approximate surface area is 58.4 Å². The van der Waals surface area contributed by atoms with Crippen LogP contribution in [-0.2, 0) is 11.2 Å². The van der Waals surface area contributed by atoms with Gasteiger partial charge in [0.2, 0.25) is 0 Å². The number of thioether (sulfide) groups is 1. The molecule has 0 aromatic heterocycles. The molecule has 1 nitrogen and oxygen atoms in total. The Hall–Kier alpha value is 0.660. The standard InChI is InChI=1S/C5H11OS2/c1-7-4-3-5-8(2)6/h3H,4-5H2,1-2H3. The van der Waals surface area contributed by atoms with Gasteiger partial charge in [-0.1, -0.05) is 11.2 Å². The first-order valence-corrected chi connectivity index (χ1v) is 5.50. The third-order valence-corrected chi connectivity index (χ3v) is 1.91. The van der Waals surface area contributed by atoms with Gasteiger partial charge in [0.25, 0.3) is 0 Å². The molecule has 0 aliphatic carbocycles. The lowest BCUT2D eigenvalue weighted by atomic mass is 10.6. The number of rotatable bonds is 4. The van der Waals surface area contributed by atoms with Gasteiger partial charge in [0, 0.05) is 12.2 Å². The maximum absolute atomic E-state index is 10.4. The van der Waals surface area contributed by atoms with Crippen molar-refractivity contribution >= 4 is 22.9 Å². The first-order chi connectivity index (χ1) is 3.77. The van der Waals surface area contributed by atoms with Crippen molar-refractivity contribution < 1.29 is 4.55 Å². The van der Waals surface area contributed by atoms with E-state index in [4.69, 9.17) is 0 Å². The molecule has 8 heavy (non-hydrogen) atoms. The van der Waals surface area contributed by atoms with Crippen LogP contribution in [0.5, 0.6) is 0 Å². The molecular weight excluding hydrogens is 140 g/mol. The van der Waals surface area contributed by atoms with Gasteiger partial charge < -0.3 is 4.55 Å². The molecule has 0 fully saturated rings. The molecule has 0 N–H and O–H groups in total. The summed E-state index contributed by atoms with van der Waals surface area (Å²) in [7, 11) is 0. The zero-order valence-corrected chi connectivity index (χ0v) is 6.85. The van der Waals surface area contributed by atoms with Crippen LogP contribution in [0.1, 0.15) is 0 Å². The molecule has 1 radical (unpaired) electrons. The zero-order valence-electron chi connectivity index (χ0n) is 5.22. The summed E-state index contributed by atoms with van der Waals surface area (Å²) in [5, 5.41) is 0. The van der Waals surface area contributed by atoms with Gasteiger partial charge in [-0.25, -0.2) is 0 Å². The van der Waals surface area contributed by atoms with E-state index in [0.717, 1.165) is 11.5 Å². The molecule has 0 aliphatic heterocycles. The summed E-state index contributed by atoms with van der Waals surface area (Å²) < 4.78 is 10.4. The van der Waals surface area contributed by atoms with Crippen molar-refractivity contribution in [1.82, 2.24) is 0 Å². The Bertz CT molecular complexity index is 47.7. The second-order valence-electron chi connectivity index (χ2n) is 1.48. The molecule has 49 valence electrons. The van der Waals surface area contributed by atoms with Crippen molar-refractivity contribution in [3.8, 4) is 0 Å². The smallest absolute Gasteiger partial charge is 0.109 e. The van der Waals surface area contributed by atoms with E-state index < -0.39 is 11.2 Å². The second kappa shape index (κ2) is 5.79. The van der Waals surface area contributed by atoms with Crippen LogP contribution in [-0.4, -0.2) is 28.6 Å². The van der Waals surface area contributed by atoms with E-state index in [1.54, 1.807) is 18.0 Å². The predicted octanol–water partition coefficient (Wildman–Crippen LogP) is 0.932. The third-order valence-electron chi connectivity index (χ3n) is 0.637. The fourth-order valence-electron chi connectivity index (χ4n) is 0.332. The highest BCUT2D eigenvalue weighted by molar-refractivity contribution is 7.98. The van der Waals surface area contributed by atoms with Crippen LogP contribution in [0.4, 0.5) is 0 Å². The summed E-state index contributed by atoms with van der Waals surface area (Å²) in [4.78, 5) is 0. The zero-order chi connectivity index (χ0) is 6.41. The van der Waals surface area contributed by atoms with Crippen molar-refractivity contribution in [3.05, 3.63) is 6.42 Å². The van der Waals surface area contributed by atoms with E-state index in [0.29, 0.717) is 0 Å². The normalized spacial score (nSPS) is 13.9. The lowest BCUT2D eigenvalue weighted by molar-refractivity contribution is 0.602. The Kier molecular flexibility index (Phi) is 6.27. The van der Waals surface area contributed by atoms with Gasteiger partial charge in [-0.15, -0.1) is 0 Å². The molecule has 0 rings (SSSR count). The third kappa shape index (κ3) is 6.66. The molecule has 0 aromatic carbocycles. The van der Waals surface area contributed by atoms with Gasteiger partial charge in [0.05, 0.1) is 6.26 Å². The van der Waals surface area contributed by atoms with Gasteiger partial charge in [0.15, 0.2) is 0 Å². The molecular formula is C5H11OS2. The minimum absolute atomic E-state index is 0.636. The van der Waals surface area contributed by atoms with E-state index >= 15 is 0 Å². The molecule has 0 aliphatic rings. The van der Waals surface area contributed by atoms with E-state index in [-0.39, 0.29) is 0 Å². The summed E-state index contributed by atoms with van der Waals surface area (Å²) in [6.45, 7) is 0. The fraction of sp³-hybridized carbons (Fsp3) is 0.800. The van der Waals surface area contributed by atoms with Crippen LogP contribution >= 0.6 is 11.8 Å². The maximum atomic E-state index is 10.4. The molecule has 0 amide bonds. The molecule has 0 saturated heterocycles. The van der Waals surface area contributed by atoms with Crippen molar-refractivity contribution in [2.24, 2.45) is 0 Å². The molecule has 0 saturated carbocycles. The van der Waals surface area contributed by atoms with Crippen molar-refractivity contribution in [1.29, 1.82) is 0 Å². The molecule has 0 spiro atoms. The highest BCUT2D eigenvalue weighted by Gasteiger charge is 1.94. The molecule has 3 heteroatoms. The predicted molar refractivity (Wildman–Crippen MR) is 41.6 cm³/mol. The second-order valence-corrected chi connectivity index (χ2v) is 3.87. The van der Waals surface area contributed by atoms with Crippen LogP contribution in [0.2, 0.25) is 0 Å². The summed E-state index contributed by atoms with van der Waals surface area (Å²) >= 11 is 1.12. The van der Waals surface area contributed by atoms with Crippen molar-refractivity contribution in [2.75, 3.05) is 24.0 Å². The van der Waals surface area contributed by atoms with Gasteiger partial charge in [-0.3, -0.25) is 0 Å². The first kappa shape index (κ1) is 8.66. The first-order valence-electron chi connectivity index (χ1n) is 2.38. The number of hydrogen-bond acceptors (Lipinski definition) is 2. The Morgan fingerprint density at radius 3 is 2.75 bits per heavy atom. The lowest BCUT2D eigenvalue weighted by Gasteiger charge is -2.01. The largest absolute Gasteiger partial charge is 0.617 e. The SMILES string of the molecule is CSC[CH]C[S+](C)[O-]. The average Bonchev–Trinajstić information content (AvgIpc) is 1.66. The van der Waals surface area contributed by atoms with E-state index in [1.807, 2.05) is 12.7 Å². The van der Waals surface area contributed by atoms with Crippen LogP contribution in [0.15, 0.2) is 0 Å². The van der Waals surface area contributed by atoms with Crippen LogP contribution in [0.25, 0.3) is 0 Å². The molecule has 0 aromatic rings.